The molecule has 0 spiro atoms. The molecular formula is C25H32F2N2O5. The molecule has 186 valence electrons. The molecular weight excluding hydrogens is 446 g/mol. The third-order valence-corrected chi connectivity index (χ3v) is 6.87. The summed E-state index contributed by atoms with van der Waals surface area (Å²) in [5, 5.41) is 32.7. The van der Waals surface area contributed by atoms with Crippen molar-refractivity contribution in [3.63, 3.8) is 0 Å². The highest BCUT2D eigenvalue weighted by molar-refractivity contribution is 5.49. The first-order valence-corrected chi connectivity index (χ1v) is 11.5. The molecule has 0 unspecified atom stereocenters. The van der Waals surface area contributed by atoms with Crippen LogP contribution in [0.15, 0.2) is 42.5 Å². The molecule has 9 heteroatoms. The Kier molecular flexibility index (Phi) is 7.28. The first-order valence-electron chi connectivity index (χ1n) is 11.5. The minimum atomic E-state index is -1.59. The Balaban J connectivity index is 1.32. The number of likely N-dealkylation sites (tertiary alicyclic amines) is 1. The highest BCUT2D eigenvalue weighted by atomic mass is 19.2. The van der Waals surface area contributed by atoms with E-state index in [1.54, 1.807) is 7.11 Å². The zero-order valence-electron chi connectivity index (χ0n) is 19.3. The minimum absolute atomic E-state index is 0.0705. The van der Waals surface area contributed by atoms with Crippen LogP contribution in [0.5, 0.6) is 11.5 Å². The topological polar surface area (TPSA) is 85.6 Å². The van der Waals surface area contributed by atoms with Crippen molar-refractivity contribution in [1.82, 2.24) is 4.90 Å². The van der Waals surface area contributed by atoms with Crippen LogP contribution in [0.3, 0.4) is 0 Å². The van der Waals surface area contributed by atoms with Crippen molar-refractivity contribution in [3.8, 4) is 11.5 Å². The van der Waals surface area contributed by atoms with Crippen LogP contribution < -0.4 is 14.4 Å². The van der Waals surface area contributed by atoms with Crippen LogP contribution in [-0.2, 0) is 0 Å². The van der Waals surface area contributed by atoms with Crippen LogP contribution in [0.2, 0.25) is 0 Å². The van der Waals surface area contributed by atoms with Gasteiger partial charge in [0, 0.05) is 44.5 Å². The third-order valence-electron chi connectivity index (χ3n) is 6.87. The number of rotatable bonds is 7. The number of β-amino-alcohol motifs (C(OH)–C–C–N with tert-alkyl or cyclic N) is 2. The summed E-state index contributed by atoms with van der Waals surface area (Å²) in [5.41, 5.74) is -1.43. The minimum Gasteiger partial charge on any atom is -0.497 e. The number of aliphatic hydroxyl groups is 3. The van der Waals surface area contributed by atoms with Gasteiger partial charge in [0.05, 0.1) is 18.8 Å². The molecule has 0 aliphatic carbocycles. The molecule has 0 bridgehead atoms. The third kappa shape index (κ3) is 5.60. The summed E-state index contributed by atoms with van der Waals surface area (Å²) >= 11 is 0. The van der Waals surface area contributed by atoms with E-state index in [9.17, 15) is 24.1 Å². The Morgan fingerprint density at radius 3 is 2.29 bits per heavy atom. The highest BCUT2D eigenvalue weighted by Gasteiger charge is 2.44. The van der Waals surface area contributed by atoms with Gasteiger partial charge in [0.25, 0.3) is 0 Å². The lowest BCUT2D eigenvalue weighted by atomic mass is 9.86. The van der Waals surface area contributed by atoms with Gasteiger partial charge in [-0.15, -0.1) is 0 Å². The summed E-state index contributed by atoms with van der Waals surface area (Å²) in [6.07, 6.45) is 0.427. The Labute approximate surface area is 198 Å². The lowest BCUT2D eigenvalue weighted by Crippen LogP contribution is -2.62. The van der Waals surface area contributed by atoms with E-state index in [0.29, 0.717) is 45.4 Å². The van der Waals surface area contributed by atoms with Gasteiger partial charge >= 0.3 is 0 Å². The van der Waals surface area contributed by atoms with Crippen LogP contribution in [0.4, 0.5) is 14.5 Å². The van der Waals surface area contributed by atoms with Gasteiger partial charge in [0.15, 0.2) is 11.6 Å². The van der Waals surface area contributed by atoms with Gasteiger partial charge in [-0.3, -0.25) is 4.90 Å². The van der Waals surface area contributed by atoms with E-state index in [4.69, 9.17) is 9.47 Å². The molecule has 2 saturated heterocycles. The van der Waals surface area contributed by atoms with Crippen molar-refractivity contribution < 1.29 is 33.6 Å². The van der Waals surface area contributed by atoms with Crippen LogP contribution >= 0.6 is 0 Å². The molecule has 2 heterocycles. The molecule has 2 aliphatic heterocycles. The quantitative estimate of drug-likeness (QED) is 0.563. The van der Waals surface area contributed by atoms with Gasteiger partial charge in [0.1, 0.15) is 23.7 Å². The van der Waals surface area contributed by atoms with E-state index < -0.39 is 28.9 Å². The maximum Gasteiger partial charge on any atom is 0.162 e. The fraction of sp³-hybridized carbons (Fsp3) is 0.520. The first-order chi connectivity index (χ1) is 16.2. The van der Waals surface area contributed by atoms with Gasteiger partial charge in [-0.2, -0.15) is 0 Å². The maximum absolute atomic E-state index is 13.4. The summed E-state index contributed by atoms with van der Waals surface area (Å²) in [6.45, 7) is 2.11. The molecule has 0 saturated carbocycles. The monoisotopic (exact) mass is 478 g/mol. The van der Waals surface area contributed by atoms with Crippen molar-refractivity contribution in [2.24, 2.45) is 0 Å². The fourth-order valence-corrected chi connectivity index (χ4v) is 4.75. The Morgan fingerprint density at radius 1 is 0.971 bits per heavy atom. The predicted molar refractivity (Wildman–Crippen MR) is 123 cm³/mol. The fourth-order valence-electron chi connectivity index (χ4n) is 4.75. The number of ether oxygens (including phenoxy) is 2. The normalized spacial score (nSPS) is 25.2. The molecule has 4 rings (SSSR count). The molecule has 3 N–H and O–H groups in total. The van der Waals surface area contributed by atoms with Crippen LogP contribution in [0, 0.1) is 11.6 Å². The number of methoxy groups -OCH3 is 1. The van der Waals surface area contributed by atoms with Gasteiger partial charge in [0.2, 0.25) is 0 Å². The van der Waals surface area contributed by atoms with E-state index in [1.165, 1.54) is 6.07 Å². The molecule has 0 radical (unpaired) electrons. The number of aliphatic hydroxyl groups excluding tert-OH is 1. The summed E-state index contributed by atoms with van der Waals surface area (Å²) in [7, 11) is 1.63. The van der Waals surface area contributed by atoms with Crippen LogP contribution in [0.1, 0.15) is 19.3 Å². The predicted octanol–water partition coefficient (Wildman–Crippen LogP) is 2.18. The van der Waals surface area contributed by atoms with Gasteiger partial charge < -0.3 is 29.7 Å². The van der Waals surface area contributed by atoms with Crippen LogP contribution in [0.25, 0.3) is 0 Å². The molecule has 0 aromatic heterocycles. The van der Waals surface area contributed by atoms with E-state index in [2.05, 4.69) is 4.90 Å². The van der Waals surface area contributed by atoms with Gasteiger partial charge in [-0.05, 0) is 55.7 Å². The first kappa shape index (κ1) is 24.7. The van der Waals surface area contributed by atoms with E-state index in [-0.39, 0.29) is 18.9 Å². The summed E-state index contributed by atoms with van der Waals surface area (Å²) in [4.78, 5) is 4.16. The number of benzene rings is 2. The van der Waals surface area contributed by atoms with Crippen molar-refractivity contribution in [2.45, 2.75) is 36.6 Å². The second-order valence-electron chi connectivity index (χ2n) is 9.39. The van der Waals surface area contributed by atoms with Gasteiger partial charge in [-0.1, -0.05) is 0 Å². The number of nitrogens with zero attached hydrogens (tertiary/aromatic N) is 2. The van der Waals surface area contributed by atoms with Crippen molar-refractivity contribution in [1.29, 1.82) is 0 Å². The Morgan fingerprint density at radius 2 is 1.65 bits per heavy atom. The summed E-state index contributed by atoms with van der Waals surface area (Å²) in [6, 6.07) is 11.0. The number of anilines is 1. The van der Waals surface area contributed by atoms with Crippen LogP contribution in [-0.4, -0.2) is 84.0 Å². The summed E-state index contributed by atoms with van der Waals surface area (Å²) < 4.78 is 37.3. The van der Waals surface area contributed by atoms with E-state index >= 15 is 0 Å². The van der Waals surface area contributed by atoms with E-state index in [0.717, 1.165) is 23.6 Å². The zero-order valence-corrected chi connectivity index (χ0v) is 19.3. The molecule has 2 aliphatic rings. The number of piperidine rings is 2. The number of hydrogen-bond donors (Lipinski definition) is 3. The standard InChI is InChI=1S/C25H32F2N2O5/c1-33-19-4-2-18(3-5-19)29-12-9-24(31,10-13-29)15-28-11-8-23(30)25(32,16-28)17-34-20-6-7-21(26)22(27)14-20/h2-7,14,23,30-32H,8-13,15-17H2,1H3/t23-,25-/m0/s1. The lowest BCUT2D eigenvalue weighted by Gasteiger charge is -2.46. The lowest BCUT2D eigenvalue weighted by molar-refractivity contribution is -0.149. The van der Waals surface area contributed by atoms with E-state index in [1.807, 2.05) is 29.2 Å². The molecule has 7 nitrogen and oxygen atoms in total. The molecule has 2 atom stereocenters. The number of hydrogen-bond acceptors (Lipinski definition) is 7. The molecule has 2 fully saturated rings. The average Bonchev–Trinajstić information content (AvgIpc) is 2.83. The maximum atomic E-state index is 13.4. The second-order valence-corrected chi connectivity index (χ2v) is 9.39. The van der Waals surface area contributed by atoms with Crippen molar-refractivity contribution >= 4 is 5.69 Å². The largest absolute Gasteiger partial charge is 0.497 e. The molecule has 2 aromatic carbocycles. The van der Waals surface area contributed by atoms with Crippen molar-refractivity contribution in [2.75, 3.05) is 51.3 Å². The highest BCUT2D eigenvalue weighted by Crippen LogP contribution is 2.31. The Hall–Kier alpha value is -2.46. The smallest absolute Gasteiger partial charge is 0.162 e. The zero-order chi connectivity index (χ0) is 24.3. The SMILES string of the molecule is COc1ccc(N2CCC(O)(CN3CC[C@H](O)[C@@](O)(COc4ccc(F)c(F)c4)C3)CC2)cc1. The van der Waals surface area contributed by atoms with Crippen molar-refractivity contribution in [3.05, 3.63) is 54.1 Å². The average molecular weight is 479 g/mol. The van der Waals surface area contributed by atoms with Gasteiger partial charge in [-0.25, -0.2) is 8.78 Å². The summed E-state index contributed by atoms with van der Waals surface area (Å²) in [5.74, 6) is -1.16. The Bertz CT molecular complexity index is 968. The molecule has 0 amide bonds. The number of halogens is 2. The molecule has 34 heavy (non-hydrogen) atoms. The molecule has 2 aromatic rings. The second kappa shape index (κ2) is 10.0.